The standard InChI is InChI=1S/C16H15N3O4S/c1-10-17-11(9-24-10)6-7-15(20)18-19-16(21)14-8-22-12-4-2-3-5-13(12)23-14/h2-7,9,14H,8H2,1H3,(H,18,20)(H,19,21)/b7-6-/t14-/m0/s1. The van der Waals surface area contributed by atoms with Gasteiger partial charge in [0.15, 0.2) is 11.5 Å². The molecular weight excluding hydrogens is 330 g/mol. The monoisotopic (exact) mass is 345 g/mol. The van der Waals surface area contributed by atoms with Gasteiger partial charge in [-0.2, -0.15) is 0 Å². The molecule has 0 bridgehead atoms. The molecule has 1 aromatic heterocycles. The van der Waals surface area contributed by atoms with Gasteiger partial charge in [-0.25, -0.2) is 4.98 Å². The molecule has 2 N–H and O–H groups in total. The second kappa shape index (κ2) is 7.14. The number of rotatable bonds is 3. The second-order valence-corrected chi connectivity index (χ2v) is 6.03. The van der Waals surface area contributed by atoms with Crippen LogP contribution < -0.4 is 20.3 Å². The van der Waals surface area contributed by atoms with Crippen molar-refractivity contribution in [1.29, 1.82) is 0 Å². The molecule has 0 saturated heterocycles. The van der Waals surface area contributed by atoms with E-state index in [1.54, 1.807) is 24.3 Å². The first-order valence-corrected chi connectivity index (χ1v) is 8.08. The van der Waals surface area contributed by atoms with Gasteiger partial charge in [0.1, 0.15) is 6.61 Å². The maximum Gasteiger partial charge on any atom is 0.283 e. The first-order chi connectivity index (χ1) is 11.6. The minimum absolute atomic E-state index is 0.0760. The number of amides is 2. The van der Waals surface area contributed by atoms with Crippen LogP contribution in [-0.4, -0.2) is 29.5 Å². The number of nitrogens with zero attached hydrogens (tertiary/aromatic N) is 1. The lowest BCUT2D eigenvalue weighted by molar-refractivity contribution is -0.134. The van der Waals surface area contributed by atoms with Crippen LogP contribution in [0.5, 0.6) is 11.5 Å². The summed E-state index contributed by atoms with van der Waals surface area (Å²) in [7, 11) is 0. The van der Waals surface area contributed by atoms with E-state index in [0.29, 0.717) is 17.2 Å². The highest BCUT2D eigenvalue weighted by Gasteiger charge is 2.27. The van der Waals surface area contributed by atoms with Gasteiger partial charge in [0.2, 0.25) is 6.10 Å². The zero-order chi connectivity index (χ0) is 16.9. The number of carbonyl (C=O) groups is 2. The summed E-state index contributed by atoms with van der Waals surface area (Å²) in [5.74, 6) is 0.128. The number of thiazole rings is 1. The van der Waals surface area contributed by atoms with Gasteiger partial charge in [-0.15, -0.1) is 11.3 Å². The van der Waals surface area contributed by atoms with E-state index in [0.717, 1.165) is 5.01 Å². The largest absolute Gasteiger partial charge is 0.485 e. The summed E-state index contributed by atoms with van der Waals surface area (Å²) >= 11 is 1.49. The Morgan fingerprint density at radius 2 is 2.08 bits per heavy atom. The number of aromatic nitrogens is 1. The predicted molar refractivity (Wildman–Crippen MR) is 88.5 cm³/mol. The summed E-state index contributed by atoms with van der Waals surface area (Å²) in [6.07, 6.45) is 2.04. The smallest absolute Gasteiger partial charge is 0.283 e. The van der Waals surface area contributed by atoms with Crippen LogP contribution in [-0.2, 0) is 9.59 Å². The summed E-state index contributed by atoms with van der Waals surface area (Å²) in [5.41, 5.74) is 5.30. The van der Waals surface area contributed by atoms with Crippen molar-refractivity contribution >= 4 is 29.2 Å². The summed E-state index contributed by atoms with van der Waals surface area (Å²) in [6.45, 7) is 1.96. The Kier molecular flexibility index (Phi) is 4.76. The molecule has 1 aliphatic rings. The molecule has 124 valence electrons. The van der Waals surface area contributed by atoms with E-state index in [4.69, 9.17) is 9.47 Å². The van der Waals surface area contributed by atoms with Crippen molar-refractivity contribution in [2.45, 2.75) is 13.0 Å². The quantitative estimate of drug-likeness (QED) is 0.649. The molecule has 24 heavy (non-hydrogen) atoms. The van der Waals surface area contributed by atoms with Crippen LogP contribution in [0, 0.1) is 6.92 Å². The van der Waals surface area contributed by atoms with Crippen LogP contribution in [0.3, 0.4) is 0 Å². The molecule has 0 fully saturated rings. The van der Waals surface area contributed by atoms with Gasteiger partial charge in [-0.1, -0.05) is 12.1 Å². The van der Waals surface area contributed by atoms with Crippen LogP contribution in [0.25, 0.3) is 6.08 Å². The molecule has 0 spiro atoms. The molecule has 1 aliphatic heterocycles. The molecule has 2 aromatic rings. The van der Waals surface area contributed by atoms with Crippen molar-refractivity contribution in [3.8, 4) is 11.5 Å². The molecule has 0 saturated carbocycles. The molecule has 8 heteroatoms. The van der Waals surface area contributed by atoms with Gasteiger partial charge in [-0.05, 0) is 25.1 Å². The molecule has 1 aromatic carbocycles. The predicted octanol–water partition coefficient (Wildman–Crippen LogP) is 1.45. The number of hydrogen-bond donors (Lipinski definition) is 2. The van der Waals surface area contributed by atoms with E-state index in [1.807, 2.05) is 18.4 Å². The third-order valence-electron chi connectivity index (χ3n) is 3.15. The summed E-state index contributed by atoms with van der Waals surface area (Å²) in [4.78, 5) is 27.9. The number of nitrogens with one attached hydrogen (secondary N) is 2. The van der Waals surface area contributed by atoms with Crippen molar-refractivity contribution < 1.29 is 19.1 Å². The van der Waals surface area contributed by atoms with Gasteiger partial charge in [0, 0.05) is 11.5 Å². The second-order valence-electron chi connectivity index (χ2n) is 4.97. The van der Waals surface area contributed by atoms with E-state index >= 15 is 0 Å². The third kappa shape index (κ3) is 3.90. The van der Waals surface area contributed by atoms with Gasteiger partial charge >= 0.3 is 0 Å². The number of hydrazine groups is 1. The molecular formula is C16H15N3O4S. The number of benzene rings is 1. The molecule has 0 unspecified atom stereocenters. The van der Waals surface area contributed by atoms with Gasteiger partial charge in [-0.3, -0.25) is 20.4 Å². The van der Waals surface area contributed by atoms with Gasteiger partial charge in [0.25, 0.3) is 11.8 Å². The molecule has 2 heterocycles. The number of aryl methyl sites for hydroxylation is 1. The average Bonchev–Trinajstić information content (AvgIpc) is 3.02. The van der Waals surface area contributed by atoms with Crippen LogP contribution >= 0.6 is 11.3 Å². The first-order valence-electron chi connectivity index (χ1n) is 7.20. The fraction of sp³-hybridized carbons (Fsp3) is 0.188. The summed E-state index contributed by atoms with van der Waals surface area (Å²) in [6, 6.07) is 7.08. The molecule has 1 atom stereocenters. The minimum Gasteiger partial charge on any atom is -0.485 e. The third-order valence-corrected chi connectivity index (χ3v) is 3.94. The average molecular weight is 345 g/mol. The zero-order valence-corrected chi connectivity index (χ0v) is 13.6. The number of carbonyl (C=O) groups excluding carboxylic acids is 2. The first kappa shape index (κ1) is 16.0. The SMILES string of the molecule is Cc1nc(/C=C\C(=O)NNC(=O)[C@@H]2COc3ccccc3O2)cs1. The van der Waals surface area contributed by atoms with Crippen LogP contribution in [0.4, 0.5) is 0 Å². The Labute approximate surface area is 142 Å². The Balaban J connectivity index is 1.49. The highest BCUT2D eigenvalue weighted by atomic mass is 32.1. The van der Waals surface area contributed by atoms with Crippen molar-refractivity contribution in [3.63, 3.8) is 0 Å². The Morgan fingerprint density at radius 3 is 2.83 bits per heavy atom. The molecule has 0 radical (unpaired) electrons. The lowest BCUT2D eigenvalue weighted by atomic mass is 10.2. The molecule has 2 amide bonds. The highest BCUT2D eigenvalue weighted by Crippen LogP contribution is 2.30. The van der Waals surface area contributed by atoms with E-state index in [9.17, 15) is 9.59 Å². The number of hydrogen-bond acceptors (Lipinski definition) is 6. The Bertz CT molecular complexity index is 787. The number of ether oxygens (including phenoxy) is 2. The topological polar surface area (TPSA) is 89.6 Å². The normalized spacial score (nSPS) is 16.0. The molecule has 7 nitrogen and oxygen atoms in total. The van der Waals surface area contributed by atoms with Crippen molar-refractivity contribution in [2.24, 2.45) is 0 Å². The van der Waals surface area contributed by atoms with Crippen molar-refractivity contribution in [1.82, 2.24) is 15.8 Å². The van der Waals surface area contributed by atoms with Crippen molar-refractivity contribution in [3.05, 3.63) is 46.4 Å². The number of fused-ring (bicyclic) bond motifs is 1. The van der Waals surface area contributed by atoms with Crippen molar-refractivity contribution in [2.75, 3.05) is 6.61 Å². The zero-order valence-electron chi connectivity index (χ0n) is 12.8. The summed E-state index contributed by atoms with van der Waals surface area (Å²) in [5, 5.41) is 2.75. The fourth-order valence-electron chi connectivity index (χ4n) is 2.01. The lowest BCUT2D eigenvalue weighted by Crippen LogP contribution is -2.50. The Morgan fingerprint density at radius 1 is 1.29 bits per heavy atom. The van der Waals surface area contributed by atoms with Gasteiger partial charge in [0.05, 0.1) is 10.7 Å². The maximum atomic E-state index is 12.0. The van der Waals surface area contributed by atoms with E-state index in [-0.39, 0.29) is 6.61 Å². The van der Waals surface area contributed by atoms with Crippen LogP contribution in [0.1, 0.15) is 10.7 Å². The van der Waals surface area contributed by atoms with Crippen LogP contribution in [0.15, 0.2) is 35.7 Å². The molecule has 0 aliphatic carbocycles. The maximum absolute atomic E-state index is 12.0. The van der Waals surface area contributed by atoms with E-state index in [1.165, 1.54) is 17.4 Å². The van der Waals surface area contributed by atoms with E-state index < -0.39 is 17.9 Å². The Hall–Kier alpha value is -2.87. The minimum atomic E-state index is -0.828. The highest BCUT2D eigenvalue weighted by molar-refractivity contribution is 7.09. The van der Waals surface area contributed by atoms with E-state index in [2.05, 4.69) is 15.8 Å². The van der Waals surface area contributed by atoms with Gasteiger partial charge < -0.3 is 9.47 Å². The fourth-order valence-corrected chi connectivity index (χ4v) is 2.59. The molecule has 3 rings (SSSR count). The summed E-state index contributed by atoms with van der Waals surface area (Å²) < 4.78 is 11.0. The van der Waals surface area contributed by atoms with Crippen LogP contribution in [0.2, 0.25) is 0 Å². The number of para-hydroxylation sites is 2. The lowest BCUT2D eigenvalue weighted by Gasteiger charge is -2.25.